The number of phenols is 1. The molecule has 1 unspecified atom stereocenters. The zero-order valence-corrected chi connectivity index (χ0v) is 18.8. The minimum absolute atomic E-state index is 0.000138. The van der Waals surface area contributed by atoms with Crippen LogP contribution in [-0.4, -0.2) is 34.5 Å². The Bertz CT molecular complexity index is 1310. The van der Waals surface area contributed by atoms with Crippen molar-refractivity contribution in [1.82, 2.24) is 0 Å². The number of benzene rings is 3. The summed E-state index contributed by atoms with van der Waals surface area (Å²) in [7, 11) is 0. The number of carbonyl (C=O) groups excluding carboxylic acids is 3. The first-order valence-corrected chi connectivity index (χ1v) is 10.8. The van der Waals surface area contributed by atoms with Gasteiger partial charge in [-0.15, -0.1) is 0 Å². The molecule has 3 aromatic rings. The number of amides is 1. The fraction of sp³-hybridized carbons (Fsp3) is 0.115. The van der Waals surface area contributed by atoms with E-state index in [4.69, 9.17) is 16.3 Å². The monoisotopic (exact) mass is 477 g/mol. The van der Waals surface area contributed by atoms with E-state index >= 15 is 0 Å². The number of halogens is 1. The van der Waals surface area contributed by atoms with Crippen molar-refractivity contribution in [3.05, 3.63) is 100 Å². The summed E-state index contributed by atoms with van der Waals surface area (Å²) in [6, 6.07) is 17.4. The van der Waals surface area contributed by atoms with Crippen molar-refractivity contribution in [3.8, 4) is 5.75 Å². The number of hydrogen-bond acceptors (Lipinski definition) is 6. The van der Waals surface area contributed by atoms with E-state index < -0.39 is 23.7 Å². The molecule has 0 radical (unpaired) electrons. The van der Waals surface area contributed by atoms with Crippen LogP contribution in [0.3, 0.4) is 0 Å². The van der Waals surface area contributed by atoms with Crippen molar-refractivity contribution in [2.45, 2.75) is 13.0 Å². The molecule has 1 aliphatic heterocycles. The predicted molar refractivity (Wildman–Crippen MR) is 127 cm³/mol. The van der Waals surface area contributed by atoms with Crippen LogP contribution in [-0.2, 0) is 14.3 Å². The van der Waals surface area contributed by atoms with Crippen molar-refractivity contribution >= 4 is 40.7 Å². The number of hydrogen-bond donors (Lipinski definition) is 2. The maximum Gasteiger partial charge on any atom is 0.338 e. The van der Waals surface area contributed by atoms with Crippen molar-refractivity contribution in [3.63, 3.8) is 0 Å². The molecule has 2 N–H and O–H groups in total. The highest BCUT2D eigenvalue weighted by Crippen LogP contribution is 2.42. The van der Waals surface area contributed by atoms with Crippen LogP contribution in [0, 0.1) is 0 Å². The minimum Gasteiger partial charge on any atom is -0.508 e. The minimum atomic E-state index is -1.02. The number of aliphatic hydroxyl groups is 1. The summed E-state index contributed by atoms with van der Waals surface area (Å²) in [4.78, 5) is 39.9. The van der Waals surface area contributed by atoms with Gasteiger partial charge in [-0.25, -0.2) is 4.79 Å². The third kappa shape index (κ3) is 4.25. The Kier molecular flexibility index (Phi) is 6.38. The van der Waals surface area contributed by atoms with Crippen molar-refractivity contribution in [2.24, 2.45) is 0 Å². The first-order valence-electron chi connectivity index (χ1n) is 10.4. The SMILES string of the molecule is CCOC(=O)c1cccc(N2C(=O)C(=O)/C(=C(/O)c3cccc(Cl)c3)C2c2ccc(O)cc2)c1. The van der Waals surface area contributed by atoms with Crippen LogP contribution < -0.4 is 4.90 Å². The molecule has 1 aliphatic rings. The molecule has 8 heteroatoms. The second-order valence-electron chi connectivity index (χ2n) is 7.54. The number of carbonyl (C=O) groups is 3. The molecule has 0 spiro atoms. The Morgan fingerprint density at radius 3 is 2.35 bits per heavy atom. The third-order valence-corrected chi connectivity index (χ3v) is 5.62. The molecular weight excluding hydrogens is 458 g/mol. The molecule has 0 bridgehead atoms. The molecule has 4 rings (SSSR count). The van der Waals surface area contributed by atoms with E-state index in [0.29, 0.717) is 10.6 Å². The largest absolute Gasteiger partial charge is 0.508 e. The summed E-state index contributed by atoms with van der Waals surface area (Å²) >= 11 is 6.06. The Morgan fingerprint density at radius 2 is 1.68 bits per heavy atom. The molecule has 1 amide bonds. The zero-order valence-electron chi connectivity index (χ0n) is 18.1. The van der Waals surface area contributed by atoms with Crippen LogP contribution in [0.2, 0.25) is 5.02 Å². The van der Waals surface area contributed by atoms with Gasteiger partial charge >= 0.3 is 5.97 Å². The number of ketones is 1. The highest BCUT2D eigenvalue weighted by molar-refractivity contribution is 6.51. The number of ether oxygens (including phenoxy) is 1. The van der Waals surface area contributed by atoms with Crippen LogP contribution in [0.15, 0.2) is 78.4 Å². The third-order valence-electron chi connectivity index (χ3n) is 5.39. The smallest absolute Gasteiger partial charge is 0.338 e. The summed E-state index contributed by atoms with van der Waals surface area (Å²) in [5.74, 6) is -2.72. The van der Waals surface area contributed by atoms with Gasteiger partial charge < -0.3 is 14.9 Å². The molecule has 172 valence electrons. The summed E-state index contributed by atoms with van der Waals surface area (Å²) < 4.78 is 5.05. The lowest BCUT2D eigenvalue weighted by molar-refractivity contribution is -0.132. The van der Waals surface area contributed by atoms with Gasteiger partial charge in [0.1, 0.15) is 11.5 Å². The van der Waals surface area contributed by atoms with Gasteiger partial charge in [0.15, 0.2) is 0 Å². The molecule has 3 aromatic carbocycles. The number of Topliss-reactive ketones (excluding diaryl/α,β-unsaturated/α-hetero) is 1. The fourth-order valence-electron chi connectivity index (χ4n) is 3.86. The number of anilines is 1. The first-order chi connectivity index (χ1) is 16.3. The van der Waals surface area contributed by atoms with Gasteiger partial charge in [-0.2, -0.15) is 0 Å². The van der Waals surface area contributed by atoms with E-state index in [1.165, 1.54) is 29.2 Å². The van der Waals surface area contributed by atoms with Crippen molar-refractivity contribution in [1.29, 1.82) is 0 Å². The fourth-order valence-corrected chi connectivity index (χ4v) is 4.05. The van der Waals surface area contributed by atoms with Gasteiger partial charge in [-0.05, 0) is 55.0 Å². The second kappa shape index (κ2) is 9.41. The molecular formula is C26H20ClNO6. The van der Waals surface area contributed by atoms with E-state index in [9.17, 15) is 24.6 Å². The van der Waals surface area contributed by atoms with E-state index in [0.717, 1.165) is 0 Å². The topological polar surface area (TPSA) is 104 Å². The van der Waals surface area contributed by atoms with E-state index in [-0.39, 0.29) is 40.5 Å². The number of rotatable bonds is 5. The van der Waals surface area contributed by atoms with Gasteiger partial charge in [-0.3, -0.25) is 14.5 Å². The first kappa shape index (κ1) is 23.1. The summed E-state index contributed by atoms with van der Waals surface area (Å²) in [6.45, 7) is 1.86. The lowest BCUT2D eigenvalue weighted by Gasteiger charge is -2.25. The number of aromatic hydroxyl groups is 1. The van der Waals surface area contributed by atoms with Gasteiger partial charge in [0.2, 0.25) is 0 Å². The molecule has 0 aromatic heterocycles. The number of phenolic OH excluding ortho intramolecular Hbond substituents is 1. The summed E-state index contributed by atoms with van der Waals surface area (Å²) in [5, 5.41) is 21.2. The van der Waals surface area contributed by atoms with Crippen LogP contribution >= 0.6 is 11.6 Å². The van der Waals surface area contributed by atoms with Gasteiger partial charge in [0.25, 0.3) is 11.7 Å². The molecule has 1 saturated heterocycles. The molecule has 0 saturated carbocycles. The highest BCUT2D eigenvalue weighted by Gasteiger charge is 2.47. The van der Waals surface area contributed by atoms with Gasteiger partial charge in [0, 0.05) is 16.3 Å². The molecule has 1 fully saturated rings. The van der Waals surface area contributed by atoms with E-state index in [1.807, 2.05) is 0 Å². The lowest BCUT2D eigenvalue weighted by atomic mass is 9.95. The maximum atomic E-state index is 13.2. The predicted octanol–water partition coefficient (Wildman–Crippen LogP) is 4.85. The van der Waals surface area contributed by atoms with Crippen LogP contribution in [0.1, 0.15) is 34.5 Å². The molecule has 7 nitrogen and oxygen atoms in total. The maximum absolute atomic E-state index is 13.2. The van der Waals surface area contributed by atoms with Crippen LogP contribution in [0.4, 0.5) is 5.69 Å². The van der Waals surface area contributed by atoms with Crippen molar-refractivity contribution in [2.75, 3.05) is 11.5 Å². The average Bonchev–Trinajstić information content (AvgIpc) is 3.09. The standard InChI is InChI=1S/C26H20ClNO6/c1-2-34-26(33)17-6-4-8-19(14-17)28-22(15-9-11-20(29)12-10-15)21(24(31)25(28)32)23(30)16-5-3-7-18(27)13-16/h3-14,22,29-30H,2H2,1H3/b23-21+. The van der Waals surface area contributed by atoms with Crippen molar-refractivity contribution < 1.29 is 29.3 Å². The number of aliphatic hydroxyl groups excluding tert-OH is 1. The van der Waals surface area contributed by atoms with Gasteiger partial charge in [-0.1, -0.05) is 41.9 Å². The van der Waals surface area contributed by atoms with E-state index in [2.05, 4.69) is 0 Å². The molecule has 1 heterocycles. The van der Waals surface area contributed by atoms with Gasteiger partial charge in [0.05, 0.1) is 23.8 Å². The quantitative estimate of drug-likeness (QED) is 0.235. The zero-order chi connectivity index (χ0) is 24.4. The summed E-state index contributed by atoms with van der Waals surface area (Å²) in [5.41, 5.74) is 1.09. The highest BCUT2D eigenvalue weighted by atomic mass is 35.5. The van der Waals surface area contributed by atoms with E-state index in [1.54, 1.807) is 55.5 Å². The molecule has 34 heavy (non-hydrogen) atoms. The average molecular weight is 478 g/mol. The Morgan fingerprint density at radius 1 is 1.00 bits per heavy atom. The normalized spacial score (nSPS) is 17.1. The Balaban J connectivity index is 1.91. The second-order valence-corrected chi connectivity index (χ2v) is 7.98. The summed E-state index contributed by atoms with van der Waals surface area (Å²) in [6.07, 6.45) is 0. The Labute approximate surface area is 200 Å². The lowest BCUT2D eigenvalue weighted by Crippen LogP contribution is -2.29. The van der Waals surface area contributed by atoms with Crippen LogP contribution in [0.25, 0.3) is 5.76 Å². The Hall–Kier alpha value is -4.10. The number of esters is 1. The molecule has 1 atom stereocenters. The van der Waals surface area contributed by atoms with Crippen LogP contribution in [0.5, 0.6) is 5.75 Å². The number of nitrogens with zero attached hydrogens (tertiary/aromatic N) is 1. The molecule has 0 aliphatic carbocycles.